The molecule has 2 aromatic rings. The SMILES string of the molecule is CC(C)[C@]1(C(=O)N2COc3ccc(C(F)(F)F)cc3C2)CC[C@@H](N2CCC(c3ccccc3CCC(=O)O)CC2)C1. The lowest BCUT2D eigenvalue weighted by Crippen LogP contribution is -2.49. The fourth-order valence-corrected chi connectivity index (χ4v) is 7.17. The molecule has 0 bridgehead atoms. The lowest BCUT2D eigenvalue weighted by molar-refractivity contribution is -0.150. The Hall–Kier alpha value is -3.07. The molecule has 41 heavy (non-hydrogen) atoms. The lowest BCUT2D eigenvalue weighted by Gasteiger charge is -2.41. The van der Waals surface area contributed by atoms with E-state index < -0.39 is 23.1 Å². The summed E-state index contributed by atoms with van der Waals surface area (Å²) >= 11 is 0. The van der Waals surface area contributed by atoms with Crippen molar-refractivity contribution in [2.24, 2.45) is 11.3 Å². The molecule has 0 unspecified atom stereocenters. The zero-order valence-electron chi connectivity index (χ0n) is 23.8. The molecule has 1 amide bonds. The summed E-state index contributed by atoms with van der Waals surface area (Å²) in [6.07, 6.45) is 0.576. The second-order valence-electron chi connectivity index (χ2n) is 12.2. The smallest absolute Gasteiger partial charge is 0.416 e. The van der Waals surface area contributed by atoms with Gasteiger partial charge in [0.05, 0.1) is 17.5 Å². The predicted octanol–water partition coefficient (Wildman–Crippen LogP) is 6.48. The van der Waals surface area contributed by atoms with Gasteiger partial charge in [0.1, 0.15) is 5.75 Å². The molecule has 0 spiro atoms. The van der Waals surface area contributed by atoms with Gasteiger partial charge in [0.15, 0.2) is 6.73 Å². The fraction of sp³-hybridized carbons (Fsp3) is 0.562. The molecule has 2 heterocycles. The number of rotatable bonds is 7. The highest BCUT2D eigenvalue weighted by Gasteiger charge is 2.51. The molecule has 0 aromatic heterocycles. The van der Waals surface area contributed by atoms with Crippen LogP contribution in [0.1, 0.15) is 80.5 Å². The number of amides is 1. The van der Waals surface area contributed by atoms with E-state index in [4.69, 9.17) is 9.84 Å². The minimum absolute atomic E-state index is 0.0275. The van der Waals surface area contributed by atoms with Crippen LogP contribution in [-0.4, -0.2) is 52.6 Å². The molecule has 222 valence electrons. The van der Waals surface area contributed by atoms with E-state index in [2.05, 4.69) is 24.8 Å². The van der Waals surface area contributed by atoms with Gasteiger partial charge in [-0.25, -0.2) is 0 Å². The van der Waals surface area contributed by atoms with Crippen molar-refractivity contribution in [1.82, 2.24) is 9.80 Å². The molecule has 9 heteroatoms. The molecule has 2 aromatic carbocycles. The number of aliphatic carboxylic acids is 1. The van der Waals surface area contributed by atoms with Crippen molar-refractivity contribution in [1.29, 1.82) is 0 Å². The Balaban J connectivity index is 1.24. The number of carboxylic acid groups (broad SMARTS) is 1. The van der Waals surface area contributed by atoms with Crippen molar-refractivity contribution in [3.63, 3.8) is 0 Å². The summed E-state index contributed by atoms with van der Waals surface area (Å²) < 4.78 is 45.6. The van der Waals surface area contributed by atoms with Gasteiger partial charge in [-0.15, -0.1) is 0 Å². The quantitative estimate of drug-likeness (QED) is 0.412. The number of piperidine rings is 1. The van der Waals surface area contributed by atoms with Crippen molar-refractivity contribution in [2.45, 2.75) is 83.5 Å². The van der Waals surface area contributed by atoms with Crippen LogP contribution in [0.4, 0.5) is 13.2 Å². The van der Waals surface area contributed by atoms with E-state index in [0.29, 0.717) is 23.7 Å². The largest absolute Gasteiger partial charge is 0.481 e. The van der Waals surface area contributed by atoms with E-state index in [9.17, 15) is 22.8 Å². The highest BCUT2D eigenvalue weighted by molar-refractivity contribution is 5.83. The Bertz CT molecular complexity index is 1270. The van der Waals surface area contributed by atoms with E-state index >= 15 is 0 Å². The van der Waals surface area contributed by atoms with Gasteiger partial charge in [0, 0.05) is 18.0 Å². The Morgan fingerprint density at radius 1 is 1.10 bits per heavy atom. The molecular formula is C32H39F3N2O4. The molecule has 1 saturated carbocycles. The van der Waals surface area contributed by atoms with E-state index in [1.165, 1.54) is 11.6 Å². The third-order valence-corrected chi connectivity index (χ3v) is 9.62. The Morgan fingerprint density at radius 3 is 2.51 bits per heavy atom. The van der Waals surface area contributed by atoms with E-state index in [-0.39, 0.29) is 37.6 Å². The summed E-state index contributed by atoms with van der Waals surface area (Å²) in [5, 5.41) is 9.14. The molecule has 6 nitrogen and oxygen atoms in total. The molecule has 5 rings (SSSR count). The number of ether oxygens (including phenoxy) is 1. The number of carbonyl (C=O) groups excluding carboxylic acids is 1. The third-order valence-electron chi connectivity index (χ3n) is 9.62. The summed E-state index contributed by atoms with van der Waals surface area (Å²) in [7, 11) is 0. The minimum Gasteiger partial charge on any atom is -0.481 e. The average Bonchev–Trinajstić information content (AvgIpc) is 3.42. The van der Waals surface area contributed by atoms with Crippen LogP contribution >= 0.6 is 0 Å². The molecule has 2 aliphatic heterocycles. The first-order valence-electron chi connectivity index (χ1n) is 14.6. The Labute approximate surface area is 239 Å². The average molecular weight is 573 g/mol. The maximum atomic E-state index is 14.0. The van der Waals surface area contributed by atoms with Crippen LogP contribution in [0.15, 0.2) is 42.5 Å². The second-order valence-corrected chi connectivity index (χ2v) is 12.2. The van der Waals surface area contributed by atoms with Gasteiger partial charge in [0.25, 0.3) is 0 Å². The highest BCUT2D eigenvalue weighted by atomic mass is 19.4. The van der Waals surface area contributed by atoms with Gasteiger partial charge in [-0.3, -0.25) is 9.59 Å². The van der Waals surface area contributed by atoms with Crippen LogP contribution in [0.5, 0.6) is 5.75 Å². The summed E-state index contributed by atoms with van der Waals surface area (Å²) in [5.41, 5.74) is 1.45. The van der Waals surface area contributed by atoms with Crippen molar-refractivity contribution in [3.8, 4) is 5.75 Å². The number of fused-ring (bicyclic) bond motifs is 1. The van der Waals surface area contributed by atoms with Crippen molar-refractivity contribution >= 4 is 11.9 Å². The fourth-order valence-electron chi connectivity index (χ4n) is 7.17. The standard InChI is InChI=1S/C32H39F3N2O4/c1-21(2)31(30(40)37-19-24-17-25(32(33,34)35)8-9-28(24)41-20-37)14-11-26(18-31)36-15-12-23(13-16-36)27-6-4-3-5-22(27)7-10-29(38)39/h3-6,8-9,17,21,23,26H,7,10-16,18-20H2,1-2H3,(H,38,39)/t26-,31+/m1/s1. The second kappa shape index (κ2) is 11.7. The van der Waals surface area contributed by atoms with Gasteiger partial charge < -0.3 is 19.6 Å². The molecule has 3 aliphatic rings. The van der Waals surface area contributed by atoms with Crippen LogP contribution in [-0.2, 0) is 28.7 Å². The number of benzene rings is 2. The van der Waals surface area contributed by atoms with E-state index in [1.807, 2.05) is 18.2 Å². The molecule has 0 radical (unpaired) electrons. The summed E-state index contributed by atoms with van der Waals surface area (Å²) in [6.45, 7) is 6.14. The van der Waals surface area contributed by atoms with Gasteiger partial charge in [-0.1, -0.05) is 38.1 Å². The van der Waals surface area contributed by atoms with Crippen LogP contribution in [0.2, 0.25) is 0 Å². The number of nitrogens with zero attached hydrogens (tertiary/aromatic N) is 2. The zero-order valence-corrected chi connectivity index (χ0v) is 23.8. The molecule has 1 N–H and O–H groups in total. The molecular weight excluding hydrogens is 533 g/mol. The number of carbonyl (C=O) groups is 2. The zero-order chi connectivity index (χ0) is 29.4. The van der Waals surface area contributed by atoms with Crippen molar-refractivity contribution < 1.29 is 32.6 Å². The van der Waals surface area contributed by atoms with Gasteiger partial charge in [-0.05, 0) is 92.8 Å². The number of likely N-dealkylation sites (tertiary alicyclic amines) is 1. The maximum absolute atomic E-state index is 14.0. The molecule has 2 fully saturated rings. The predicted molar refractivity (Wildman–Crippen MR) is 148 cm³/mol. The molecule has 2 atom stereocenters. The highest BCUT2D eigenvalue weighted by Crippen LogP contribution is 2.49. The first kappa shape index (κ1) is 29.4. The normalized spacial score (nSPS) is 23.9. The topological polar surface area (TPSA) is 70.1 Å². The first-order valence-corrected chi connectivity index (χ1v) is 14.6. The van der Waals surface area contributed by atoms with Crippen molar-refractivity contribution in [2.75, 3.05) is 19.8 Å². The number of hydrogen-bond donors (Lipinski definition) is 1. The van der Waals surface area contributed by atoms with E-state index in [1.54, 1.807) is 4.90 Å². The monoisotopic (exact) mass is 572 g/mol. The summed E-state index contributed by atoms with van der Waals surface area (Å²) in [6, 6.07) is 11.9. The Morgan fingerprint density at radius 2 is 1.83 bits per heavy atom. The van der Waals surface area contributed by atoms with Crippen molar-refractivity contribution in [3.05, 3.63) is 64.7 Å². The lowest BCUT2D eigenvalue weighted by atomic mass is 9.74. The van der Waals surface area contributed by atoms with Crippen LogP contribution in [0.3, 0.4) is 0 Å². The third kappa shape index (κ3) is 6.10. The number of hydrogen-bond acceptors (Lipinski definition) is 4. The first-order chi connectivity index (χ1) is 19.5. The Kier molecular flexibility index (Phi) is 8.37. The van der Waals surface area contributed by atoms with Crippen LogP contribution < -0.4 is 4.74 Å². The van der Waals surface area contributed by atoms with Gasteiger partial charge >= 0.3 is 12.1 Å². The summed E-state index contributed by atoms with van der Waals surface area (Å²) in [4.78, 5) is 29.2. The van der Waals surface area contributed by atoms with Gasteiger partial charge in [0.2, 0.25) is 5.91 Å². The van der Waals surface area contributed by atoms with Crippen LogP contribution in [0, 0.1) is 11.3 Å². The number of aryl methyl sites for hydroxylation is 1. The molecule has 1 saturated heterocycles. The van der Waals surface area contributed by atoms with Gasteiger partial charge in [-0.2, -0.15) is 13.2 Å². The van der Waals surface area contributed by atoms with E-state index in [0.717, 1.165) is 62.9 Å². The number of alkyl halides is 3. The molecule has 1 aliphatic carbocycles. The number of carboxylic acids is 1. The number of halogens is 3. The summed E-state index contributed by atoms with van der Waals surface area (Å²) in [5.74, 6) is 0.0610. The minimum atomic E-state index is -4.45. The van der Waals surface area contributed by atoms with Crippen LogP contribution in [0.25, 0.3) is 0 Å². The maximum Gasteiger partial charge on any atom is 0.416 e.